The number of hydrogen-bond acceptors (Lipinski definition) is 7. The molecule has 0 bridgehead atoms. The molecule has 2 aromatic heterocycles. The maximum Gasteiger partial charge on any atom is 0.230 e. The van der Waals surface area contributed by atoms with E-state index in [1.54, 1.807) is 12.1 Å². The van der Waals surface area contributed by atoms with Crippen LogP contribution < -0.4 is 15.9 Å². The van der Waals surface area contributed by atoms with Crippen molar-refractivity contribution < 1.29 is 13.9 Å². The van der Waals surface area contributed by atoms with Gasteiger partial charge in [-0.05, 0) is 36.8 Å². The number of rotatable bonds is 8. The number of furan rings is 1. The Morgan fingerprint density at radius 1 is 1.35 bits per heavy atom. The second kappa shape index (κ2) is 8.43. The first-order valence-electron chi connectivity index (χ1n) is 7.97. The highest BCUT2D eigenvalue weighted by atomic mass is 32.2. The lowest BCUT2D eigenvalue weighted by Gasteiger charge is -2.08. The minimum absolute atomic E-state index is 0.134. The second-order valence-corrected chi connectivity index (χ2v) is 6.40. The number of nitrogens with one attached hydrogen (secondary N) is 1. The zero-order valence-electron chi connectivity index (χ0n) is 14.2. The van der Waals surface area contributed by atoms with Crippen molar-refractivity contribution in [2.24, 2.45) is 0 Å². The molecule has 0 aliphatic carbocycles. The second-order valence-electron chi connectivity index (χ2n) is 5.46. The molecule has 1 aromatic carbocycles. The van der Waals surface area contributed by atoms with Crippen molar-refractivity contribution in [3.8, 4) is 17.3 Å². The van der Waals surface area contributed by atoms with Gasteiger partial charge in [0.1, 0.15) is 12.4 Å². The molecule has 0 saturated carbocycles. The first-order chi connectivity index (χ1) is 12.6. The Kier molecular flexibility index (Phi) is 5.80. The lowest BCUT2D eigenvalue weighted by atomic mass is 10.2. The average Bonchev–Trinajstić information content (AvgIpc) is 3.27. The summed E-state index contributed by atoms with van der Waals surface area (Å²) in [4.78, 5) is 11.9. The lowest BCUT2D eigenvalue weighted by Crippen LogP contribution is -2.29. The Morgan fingerprint density at radius 2 is 2.23 bits per heavy atom. The third-order valence-electron chi connectivity index (χ3n) is 3.42. The largest absolute Gasteiger partial charge is 0.492 e. The summed E-state index contributed by atoms with van der Waals surface area (Å²) < 4.78 is 12.1. The quantitative estimate of drug-likeness (QED) is 0.352. The zero-order chi connectivity index (χ0) is 18.4. The number of nitrogens with zero attached hydrogens (tertiary/aromatic N) is 3. The predicted molar refractivity (Wildman–Crippen MR) is 98.3 cm³/mol. The molecule has 136 valence electrons. The maximum absolute atomic E-state index is 11.9. The number of amides is 1. The molecular formula is C17H19N5O3S. The van der Waals surface area contributed by atoms with Gasteiger partial charge in [0.25, 0.3) is 0 Å². The molecule has 0 unspecified atom stereocenters. The highest BCUT2D eigenvalue weighted by Gasteiger charge is 2.15. The van der Waals surface area contributed by atoms with Crippen molar-refractivity contribution in [3.63, 3.8) is 0 Å². The highest BCUT2D eigenvalue weighted by molar-refractivity contribution is 7.99. The first-order valence-corrected chi connectivity index (χ1v) is 8.95. The van der Waals surface area contributed by atoms with Crippen LogP contribution in [0.3, 0.4) is 0 Å². The normalized spacial score (nSPS) is 10.7. The molecule has 3 rings (SSSR count). The van der Waals surface area contributed by atoms with E-state index in [0.29, 0.717) is 29.9 Å². The number of nitrogen functional groups attached to an aromatic ring is 1. The highest BCUT2D eigenvalue weighted by Crippen LogP contribution is 2.21. The number of thioether (sulfide) groups is 1. The van der Waals surface area contributed by atoms with E-state index in [-0.39, 0.29) is 11.7 Å². The van der Waals surface area contributed by atoms with E-state index in [1.807, 2.05) is 31.2 Å². The van der Waals surface area contributed by atoms with Gasteiger partial charge < -0.3 is 20.3 Å². The molecule has 0 spiro atoms. The van der Waals surface area contributed by atoms with Crippen molar-refractivity contribution in [1.29, 1.82) is 0 Å². The molecule has 8 nitrogen and oxygen atoms in total. The van der Waals surface area contributed by atoms with Crippen LogP contribution in [0, 0.1) is 6.92 Å². The number of carbonyl (C=O) groups excluding carboxylic acids is 1. The van der Waals surface area contributed by atoms with E-state index in [0.717, 1.165) is 11.3 Å². The van der Waals surface area contributed by atoms with E-state index >= 15 is 0 Å². The van der Waals surface area contributed by atoms with E-state index in [4.69, 9.17) is 15.0 Å². The SMILES string of the molecule is Cc1cccc(OCCNC(=O)CSc2nnc(-c3ccco3)n2N)c1. The smallest absolute Gasteiger partial charge is 0.230 e. The molecule has 26 heavy (non-hydrogen) atoms. The Morgan fingerprint density at radius 3 is 3.00 bits per heavy atom. The van der Waals surface area contributed by atoms with Gasteiger partial charge in [-0.1, -0.05) is 23.9 Å². The standard InChI is InChI=1S/C17H19N5O3S/c1-12-4-2-5-13(10-12)24-9-7-19-15(23)11-26-17-21-20-16(22(17)18)14-6-3-8-25-14/h2-6,8,10H,7,9,11,18H2,1H3,(H,19,23). The Hall–Kier alpha value is -2.94. The molecule has 9 heteroatoms. The van der Waals surface area contributed by atoms with Crippen LogP contribution in [0.5, 0.6) is 5.75 Å². The number of aromatic nitrogens is 3. The van der Waals surface area contributed by atoms with Crippen LogP contribution in [-0.4, -0.2) is 39.7 Å². The fraction of sp³-hybridized carbons (Fsp3) is 0.235. The molecule has 0 radical (unpaired) electrons. The van der Waals surface area contributed by atoms with Gasteiger partial charge in [-0.3, -0.25) is 4.79 Å². The number of hydrogen-bond donors (Lipinski definition) is 2. The number of carbonyl (C=O) groups is 1. The van der Waals surface area contributed by atoms with Crippen LogP contribution >= 0.6 is 11.8 Å². The van der Waals surface area contributed by atoms with Crippen molar-refractivity contribution >= 4 is 17.7 Å². The Balaban J connectivity index is 1.40. The minimum atomic E-state index is -0.134. The van der Waals surface area contributed by atoms with Crippen molar-refractivity contribution in [2.45, 2.75) is 12.1 Å². The summed E-state index contributed by atoms with van der Waals surface area (Å²) in [6.45, 7) is 2.81. The van der Waals surface area contributed by atoms with E-state index in [2.05, 4.69) is 15.5 Å². The summed E-state index contributed by atoms with van der Waals surface area (Å²) >= 11 is 1.20. The topological polar surface area (TPSA) is 108 Å². The Labute approximate surface area is 154 Å². The van der Waals surface area contributed by atoms with Crippen LogP contribution in [0.15, 0.2) is 52.2 Å². The van der Waals surface area contributed by atoms with Crippen LogP contribution in [0.1, 0.15) is 5.56 Å². The van der Waals surface area contributed by atoms with Crippen LogP contribution in [0.2, 0.25) is 0 Å². The van der Waals surface area contributed by atoms with Gasteiger partial charge in [0.2, 0.25) is 16.9 Å². The van der Waals surface area contributed by atoms with Gasteiger partial charge >= 0.3 is 0 Å². The van der Waals surface area contributed by atoms with Crippen LogP contribution in [0.25, 0.3) is 11.6 Å². The third-order valence-corrected chi connectivity index (χ3v) is 4.36. The molecule has 1 amide bonds. The Bertz CT molecular complexity index is 863. The molecule has 0 aliphatic rings. The number of aryl methyl sites for hydroxylation is 1. The van der Waals surface area contributed by atoms with E-state index in [1.165, 1.54) is 22.7 Å². The fourth-order valence-electron chi connectivity index (χ4n) is 2.19. The van der Waals surface area contributed by atoms with Gasteiger partial charge in [0.05, 0.1) is 18.6 Å². The molecule has 0 saturated heterocycles. The van der Waals surface area contributed by atoms with Gasteiger partial charge in [-0.15, -0.1) is 10.2 Å². The summed E-state index contributed by atoms with van der Waals surface area (Å²) in [7, 11) is 0. The van der Waals surface area contributed by atoms with Gasteiger partial charge in [-0.2, -0.15) is 0 Å². The van der Waals surface area contributed by atoms with Crippen LogP contribution in [-0.2, 0) is 4.79 Å². The molecule has 2 heterocycles. The van der Waals surface area contributed by atoms with Crippen molar-refractivity contribution in [1.82, 2.24) is 20.2 Å². The van der Waals surface area contributed by atoms with Crippen molar-refractivity contribution in [2.75, 3.05) is 24.7 Å². The van der Waals surface area contributed by atoms with Gasteiger partial charge in [0.15, 0.2) is 5.76 Å². The molecule has 3 N–H and O–H groups in total. The van der Waals surface area contributed by atoms with Gasteiger partial charge in [0, 0.05) is 0 Å². The molecule has 0 aliphatic heterocycles. The fourth-order valence-corrected chi connectivity index (χ4v) is 2.88. The summed E-state index contributed by atoms with van der Waals surface area (Å²) in [6, 6.07) is 11.2. The predicted octanol–water partition coefficient (Wildman–Crippen LogP) is 1.85. The third kappa shape index (κ3) is 4.57. The van der Waals surface area contributed by atoms with E-state index < -0.39 is 0 Å². The van der Waals surface area contributed by atoms with Gasteiger partial charge in [-0.25, -0.2) is 4.68 Å². The summed E-state index contributed by atoms with van der Waals surface area (Å²) in [5.74, 6) is 7.70. The lowest BCUT2D eigenvalue weighted by molar-refractivity contribution is -0.118. The number of benzene rings is 1. The van der Waals surface area contributed by atoms with Crippen LogP contribution in [0.4, 0.5) is 0 Å². The number of nitrogens with two attached hydrogens (primary N) is 1. The summed E-state index contributed by atoms with van der Waals surface area (Å²) in [5.41, 5.74) is 1.13. The number of ether oxygens (including phenoxy) is 1. The molecule has 0 fully saturated rings. The summed E-state index contributed by atoms with van der Waals surface area (Å²) in [6.07, 6.45) is 1.53. The average molecular weight is 373 g/mol. The minimum Gasteiger partial charge on any atom is -0.492 e. The maximum atomic E-state index is 11.9. The summed E-state index contributed by atoms with van der Waals surface area (Å²) in [5, 5.41) is 11.2. The molecule has 3 aromatic rings. The first kappa shape index (κ1) is 17.9. The van der Waals surface area contributed by atoms with E-state index in [9.17, 15) is 4.79 Å². The molecule has 0 atom stereocenters. The van der Waals surface area contributed by atoms with Crippen molar-refractivity contribution in [3.05, 3.63) is 48.2 Å². The zero-order valence-corrected chi connectivity index (χ0v) is 15.0. The monoisotopic (exact) mass is 373 g/mol. The molecular weight excluding hydrogens is 354 g/mol.